The van der Waals surface area contributed by atoms with Crippen LogP contribution < -0.4 is 4.72 Å². The van der Waals surface area contributed by atoms with Crippen molar-refractivity contribution in [1.29, 1.82) is 0 Å². The van der Waals surface area contributed by atoms with E-state index in [1.165, 1.54) is 30.5 Å². The minimum absolute atomic E-state index is 0.186. The second kappa shape index (κ2) is 6.21. The lowest BCUT2D eigenvalue weighted by Gasteiger charge is -2.05. The number of aromatic nitrogens is 2. The first-order chi connectivity index (χ1) is 11.0. The molecule has 0 atom stereocenters. The summed E-state index contributed by atoms with van der Waals surface area (Å²) in [6, 6.07) is 14.2. The van der Waals surface area contributed by atoms with Crippen molar-refractivity contribution in [2.24, 2.45) is 0 Å². The van der Waals surface area contributed by atoms with Crippen molar-refractivity contribution in [1.82, 2.24) is 9.78 Å². The summed E-state index contributed by atoms with van der Waals surface area (Å²) in [5.41, 5.74) is 1.24. The van der Waals surface area contributed by atoms with Crippen LogP contribution in [0.1, 0.15) is 5.56 Å². The standard InChI is InChI=1S/C16H14FN3O2S/c17-14-8-6-13(7-9-14)11-20-12-15(10-18-20)19-23(21,22)16-4-2-1-3-5-16/h1-10,12,19H,11H2. The molecule has 1 aromatic heterocycles. The van der Waals surface area contributed by atoms with Crippen molar-refractivity contribution in [2.75, 3.05) is 4.72 Å². The molecular formula is C16H14FN3O2S. The number of halogens is 1. The molecule has 3 aromatic rings. The summed E-state index contributed by atoms with van der Waals surface area (Å²) in [6.07, 6.45) is 3.02. The van der Waals surface area contributed by atoms with Gasteiger partial charge < -0.3 is 0 Å². The van der Waals surface area contributed by atoms with Gasteiger partial charge in [-0.15, -0.1) is 0 Å². The zero-order chi connectivity index (χ0) is 16.3. The molecular weight excluding hydrogens is 317 g/mol. The maximum absolute atomic E-state index is 12.9. The van der Waals surface area contributed by atoms with Crippen LogP contribution in [0.5, 0.6) is 0 Å². The van der Waals surface area contributed by atoms with Gasteiger partial charge in [-0.3, -0.25) is 9.40 Å². The van der Waals surface area contributed by atoms with Crippen LogP contribution in [0.25, 0.3) is 0 Å². The lowest BCUT2D eigenvalue weighted by Crippen LogP contribution is -2.12. The summed E-state index contributed by atoms with van der Waals surface area (Å²) in [4.78, 5) is 0.186. The minimum atomic E-state index is -3.63. The van der Waals surface area contributed by atoms with Crippen molar-refractivity contribution < 1.29 is 12.8 Å². The molecule has 0 spiro atoms. The first kappa shape index (κ1) is 15.2. The SMILES string of the molecule is O=S(=O)(Nc1cnn(Cc2ccc(F)cc2)c1)c1ccccc1. The lowest BCUT2D eigenvalue weighted by molar-refractivity contribution is 0.601. The van der Waals surface area contributed by atoms with Crippen LogP contribution in [0, 0.1) is 5.82 Å². The Balaban J connectivity index is 1.73. The fraction of sp³-hybridized carbons (Fsp3) is 0.0625. The molecule has 0 saturated carbocycles. The topological polar surface area (TPSA) is 64.0 Å². The first-order valence-corrected chi connectivity index (χ1v) is 8.36. The smallest absolute Gasteiger partial charge is 0.261 e. The van der Waals surface area contributed by atoms with Crippen LogP contribution in [0.3, 0.4) is 0 Å². The van der Waals surface area contributed by atoms with Gasteiger partial charge in [0.25, 0.3) is 10.0 Å². The van der Waals surface area contributed by atoms with Gasteiger partial charge in [-0.05, 0) is 29.8 Å². The van der Waals surface area contributed by atoms with E-state index in [2.05, 4.69) is 9.82 Å². The average Bonchev–Trinajstić information content (AvgIpc) is 2.97. The van der Waals surface area contributed by atoms with E-state index in [0.717, 1.165) is 5.56 Å². The van der Waals surface area contributed by atoms with E-state index in [-0.39, 0.29) is 10.7 Å². The molecule has 0 aliphatic carbocycles. The number of benzene rings is 2. The van der Waals surface area contributed by atoms with Crippen LogP contribution in [0.15, 0.2) is 71.9 Å². The molecule has 0 saturated heterocycles. The zero-order valence-corrected chi connectivity index (χ0v) is 12.9. The number of hydrogen-bond donors (Lipinski definition) is 1. The summed E-state index contributed by atoms with van der Waals surface area (Å²) in [7, 11) is -3.63. The van der Waals surface area contributed by atoms with Gasteiger partial charge in [-0.25, -0.2) is 12.8 Å². The lowest BCUT2D eigenvalue weighted by atomic mass is 10.2. The van der Waals surface area contributed by atoms with Crippen LogP contribution in [0.4, 0.5) is 10.1 Å². The monoisotopic (exact) mass is 331 g/mol. The summed E-state index contributed by atoms with van der Waals surface area (Å²) in [5.74, 6) is -0.300. The summed E-state index contributed by atoms with van der Waals surface area (Å²) < 4.78 is 41.4. The number of sulfonamides is 1. The van der Waals surface area contributed by atoms with Crippen molar-refractivity contribution in [3.05, 3.63) is 78.4 Å². The van der Waals surface area contributed by atoms with Crippen molar-refractivity contribution in [2.45, 2.75) is 11.4 Å². The van der Waals surface area contributed by atoms with Gasteiger partial charge in [0.1, 0.15) is 5.82 Å². The highest BCUT2D eigenvalue weighted by molar-refractivity contribution is 7.92. The molecule has 0 aliphatic heterocycles. The van der Waals surface area contributed by atoms with E-state index in [1.54, 1.807) is 41.2 Å². The summed E-state index contributed by atoms with van der Waals surface area (Å²) in [6.45, 7) is 0.424. The number of anilines is 1. The second-order valence-corrected chi connectivity index (χ2v) is 6.65. The van der Waals surface area contributed by atoms with Gasteiger partial charge in [0, 0.05) is 6.20 Å². The largest absolute Gasteiger partial charge is 0.276 e. The Morgan fingerprint density at radius 1 is 1.04 bits per heavy atom. The fourth-order valence-corrected chi connectivity index (χ4v) is 3.14. The van der Waals surface area contributed by atoms with E-state index in [1.807, 2.05) is 0 Å². The van der Waals surface area contributed by atoms with Crippen LogP contribution in [0.2, 0.25) is 0 Å². The van der Waals surface area contributed by atoms with Crippen molar-refractivity contribution in [3.63, 3.8) is 0 Å². The highest BCUT2D eigenvalue weighted by Gasteiger charge is 2.14. The van der Waals surface area contributed by atoms with Gasteiger partial charge in [0.2, 0.25) is 0 Å². The molecule has 0 radical (unpaired) electrons. The Kier molecular flexibility index (Phi) is 4.12. The predicted molar refractivity (Wildman–Crippen MR) is 85.0 cm³/mol. The predicted octanol–water partition coefficient (Wildman–Crippen LogP) is 2.87. The molecule has 118 valence electrons. The Morgan fingerprint density at radius 2 is 1.74 bits per heavy atom. The van der Waals surface area contributed by atoms with E-state index in [4.69, 9.17) is 0 Å². The molecule has 0 amide bonds. The molecule has 0 unspecified atom stereocenters. The molecule has 1 heterocycles. The zero-order valence-electron chi connectivity index (χ0n) is 12.1. The third kappa shape index (κ3) is 3.75. The number of nitrogens with one attached hydrogen (secondary N) is 1. The van der Waals surface area contributed by atoms with E-state index in [9.17, 15) is 12.8 Å². The molecule has 1 N–H and O–H groups in total. The average molecular weight is 331 g/mol. The summed E-state index contributed by atoms with van der Waals surface area (Å²) >= 11 is 0. The maximum atomic E-state index is 12.9. The van der Waals surface area contributed by atoms with Crippen LogP contribution in [-0.4, -0.2) is 18.2 Å². The quantitative estimate of drug-likeness (QED) is 0.782. The summed E-state index contributed by atoms with van der Waals surface area (Å²) in [5, 5.41) is 4.11. The first-order valence-electron chi connectivity index (χ1n) is 6.88. The minimum Gasteiger partial charge on any atom is -0.276 e. The Bertz CT molecular complexity index is 891. The molecule has 0 aliphatic rings. The fourth-order valence-electron chi connectivity index (χ4n) is 2.09. The Morgan fingerprint density at radius 3 is 2.43 bits per heavy atom. The van der Waals surface area contributed by atoms with Crippen molar-refractivity contribution >= 4 is 15.7 Å². The molecule has 7 heteroatoms. The Hall–Kier alpha value is -2.67. The molecule has 0 fully saturated rings. The van der Waals surface area contributed by atoms with Gasteiger partial charge in [-0.2, -0.15) is 5.10 Å². The normalized spacial score (nSPS) is 11.3. The van der Waals surface area contributed by atoms with Gasteiger partial charge in [0.05, 0.1) is 23.3 Å². The molecule has 3 rings (SSSR count). The molecule has 2 aromatic carbocycles. The number of rotatable bonds is 5. The van der Waals surface area contributed by atoms with Gasteiger partial charge in [-0.1, -0.05) is 30.3 Å². The third-order valence-corrected chi connectivity index (χ3v) is 4.59. The molecule has 5 nitrogen and oxygen atoms in total. The maximum Gasteiger partial charge on any atom is 0.261 e. The highest BCUT2D eigenvalue weighted by Crippen LogP contribution is 2.15. The highest BCUT2D eigenvalue weighted by atomic mass is 32.2. The van der Waals surface area contributed by atoms with Gasteiger partial charge in [0.15, 0.2) is 0 Å². The number of hydrogen-bond acceptors (Lipinski definition) is 3. The van der Waals surface area contributed by atoms with E-state index >= 15 is 0 Å². The van der Waals surface area contributed by atoms with Crippen molar-refractivity contribution in [3.8, 4) is 0 Å². The second-order valence-electron chi connectivity index (χ2n) is 4.97. The van der Waals surface area contributed by atoms with E-state index in [0.29, 0.717) is 12.2 Å². The molecule has 23 heavy (non-hydrogen) atoms. The number of nitrogens with zero attached hydrogens (tertiary/aromatic N) is 2. The van der Waals surface area contributed by atoms with Crippen LogP contribution in [-0.2, 0) is 16.6 Å². The van der Waals surface area contributed by atoms with Crippen LogP contribution >= 0.6 is 0 Å². The third-order valence-electron chi connectivity index (χ3n) is 3.20. The van der Waals surface area contributed by atoms with E-state index < -0.39 is 10.0 Å². The molecule has 0 bridgehead atoms. The van der Waals surface area contributed by atoms with Gasteiger partial charge >= 0.3 is 0 Å². The Labute approximate surface area is 133 Å².